The molecule has 1 aromatic rings. The van der Waals surface area contributed by atoms with Crippen LogP contribution in [0.3, 0.4) is 0 Å². The minimum atomic E-state index is 1.21. The summed E-state index contributed by atoms with van der Waals surface area (Å²) in [6.45, 7) is 0. The van der Waals surface area contributed by atoms with E-state index in [0.717, 1.165) is 0 Å². The molecule has 0 saturated carbocycles. The molecule has 1 aromatic heterocycles. The average Bonchev–Trinajstić information content (AvgIpc) is 1.76. The fraction of sp³-hybridized carbons (Fsp3) is 0. The summed E-state index contributed by atoms with van der Waals surface area (Å²) in [5, 5.41) is 0. The lowest BCUT2D eigenvalue weighted by Crippen LogP contribution is -1.30. The highest BCUT2D eigenvalue weighted by Gasteiger charge is 1.57. The van der Waals surface area contributed by atoms with Crippen molar-refractivity contribution in [2.24, 2.45) is 0 Å². The predicted molar refractivity (Wildman–Crippen MR) is 23.3 cm³/mol. The van der Waals surface area contributed by atoms with Gasteiger partial charge in [-0.1, -0.05) is 0 Å². The smallest absolute Gasteiger partial charge is 0.0103 e. The molecule has 0 aliphatic carbocycles. The fourth-order valence-corrected chi connectivity index (χ4v) is 0.645. The molecule has 0 unspecified atom stereocenters. The highest BCUT2D eigenvalue weighted by molar-refractivity contribution is 7.24. The molecule has 0 amide bonds. The molecule has 26 valence electrons. The summed E-state index contributed by atoms with van der Waals surface area (Å²) in [7, 11) is 1.21. The summed E-state index contributed by atoms with van der Waals surface area (Å²) in [6, 6.07) is 1.99. The highest BCUT2D eigenvalue weighted by Crippen LogP contribution is 1.92. The molecule has 1 nitrogen and oxygen atoms in total. The molecule has 2 heteroatoms. The van der Waals surface area contributed by atoms with E-state index in [1.807, 2.05) is 18.1 Å². The largest absolute Gasteiger partial charge is 0.345 e. The van der Waals surface area contributed by atoms with Gasteiger partial charge in [0, 0.05) is 14.5 Å². The highest BCUT2D eigenvalue weighted by atomic mass is 31.0. The Morgan fingerprint density at radius 3 is 2.80 bits per heavy atom. The van der Waals surface area contributed by atoms with Gasteiger partial charge in [0.25, 0.3) is 0 Å². The van der Waals surface area contributed by atoms with Crippen LogP contribution in [0.5, 0.6) is 0 Å². The van der Waals surface area contributed by atoms with Crippen molar-refractivity contribution in [2.75, 3.05) is 0 Å². The van der Waals surface area contributed by atoms with Gasteiger partial charge in [-0.15, -0.1) is 0 Å². The lowest BCUT2D eigenvalue weighted by Gasteiger charge is -1.47. The minimum Gasteiger partial charge on any atom is -0.345 e. The number of aromatic nitrogens is 1. The first-order valence-electron chi connectivity index (χ1n) is 1.44. The minimum absolute atomic E-state index is 1.21. The molecule has 0 saturated heterocycles. The molecule has 0 fully saturated rings. The Morgan fingerprint density at radius 2 is 2.60 bits per heavy atom. The third-order valence-electron chi connectivity index (χ3n) is 0.406. The summed E-state index contributed by atoms with van der Waals surface area (Å²) < 4.78 is 2.96. The van der Waals surface area contributed by atoms with Gasteiger partial charge >= 0.3 is 0 Å². The van der Waals surface area contributed by atoms with E-state index < -0.39 is 0 Å². The molecule has 1 N–H and O–H groups in total. The van der Waals surface area contributed by atoms with E-state index in [1.165, 1.54) is 8.35 Å². The van der Waals surface area contributed by atoms with Crippen LogP contribution in [0.4, 0.5) is 0 Å². The third-order valence-corrected chi connectivity index (χ3v) is 1.03. The van der Waals surface area contributed by atoms with E-state index in [1.54, 1.807) is 0 Å². The van der Waals surface area contributed by atoms with E-state index in [0.29, 0.717) is 0 Å². The van der Waals surface area contributed by atoms with Crippen LogP contribution in [0.2, 0.25) is 0 Å². The van der Waals surface area contributed by atoms with Crippen molar-refractivity contribution in [3.63, 3.8) is 0 Å². The van der Waals surface area contributed by atoms with Gasteiger partial charge < -0.3 is 4.75 Å². The topological polar surface area (TPSA) is 15.8 Å². The molecule has 1 heterocycles. The van der Waals surface area contributed by atoms with Gasteiger partial charge in [0.05, 0.1) is 0 Å². The number of aromatic amines is 1. The van der Waals surface area contributed by atoms with Gasteiger partial charge in [-0.3, -0.25) is 0 Å². The van der Waals surface area contributed by atoms with Crippen molar-refractivity contribution in [2.45, 2.75) is 0 Å². The molecule has 0 spiro atoms. The molecular formula is C3H4NP. The van der Waals surface area contributed by atoms with Gasteiger partial charge in [0.15, 0.2) is 0 Å². The summed E-state index contributed by atoms with van der Waals surface area (Å²) in [5.41, 5.74) is 0. The van der Waals surface area contributed by atoms with Crippen molar-refractivity contribution < 1.29 is 0 Å². The number of hydrogen-bond donors (Lipinski definition) is 1. The van der Waals surface area contributed by atoms with Gasteiger partial charge in [-0.25, -0.2) is 0 Å². The second-order valence-electron chi connectivity index (χ2n) is 0.766. The summed E-state index contributed by atoms with van der Waals surface area (Å²) in [4.78, 5) is 0. The SMILES string of the molecule is c1c[nH]pc1. The number of H-pyrrole nitrogens is 1. The van der Waals surface area contributed by atoms with Crippen LogP contribution in [-0.4, -0.2) is 4.75 Å². The maximum absolute atomic E-state index is 2.96. The fourth-order valence-electron chi connectivity index (χ4n) is 0.215. The monoisotopic (exact) mass is 85.0 g/mol. The Balaban J connectivity index is 3.13. The molecule has 0 atom stereocenters. The molecular weight excluding hydrogens is 81.0 g/mol. The van der Waals surface area contributed by atoms with E-state index >= 15 is 0 Å². The molecule has 0 aliphatic heterocycles. The summed E-state index contributed by atoms with van der Waals surface area (Å²) >= 11 is 0. The second-order valence-corrected chi connectivity index (χ2v) is 1.58. The summed E-state index contributed by atoms with van der Waals surface area (Å²) in [5.74, 6) is 2.04. The number of rotatable bonds is 0. The third kappa shape index (κ3) is 0.489. The Hall–Kier alpha value is -0.290. The predicted octanol–water partition coefficient (Wildman–Crippen LogP) is 1.59. The Labute approximate surface area is 32.2 Å². The first-order valence-corrected chi connectivity index (χ1v) is 2.40. The Kier molecular flexibility index (Phi) is 0.718. The van der Waals surface area contributed by atoms with Gasteiger partial charge in [-0.2, -0.15) is 0 Å². The van der Waals surface area contributed by atoms with Crippen molar-refractivity contribution >= 4 is 8.35 Å². The quantitative estimate of drug-likeness (QED) is 0.492. The normalized spacial score (nSPS) is 9.60. The Bertz CT molecular complexity index is 63.4. The maximum Gasteiger partial charge on any atom is 0.0103 e. The van der Waals surface area contributed by atoms with Crippen LogP contribution in [0.25, 0.3) is 0 Å². The molecule has 1 rings (SSSR count). The molecule has 0 aromatic carbocycles. The average molecular weight is 85.0 g/mol. The van der Waals surface area contributed by atoms with E-state index in [9.17, 15) is 0 Å². The lowest BCUT2D eigenvalue weighted by atomic mass is 10.8. The van der Waals surface area contributed by atoms with Crippen molar-refractivity contribution in [3.05, 3.63) is 18.1 Å². The van der Waals surface area contributed by atoms with Gasteiger partial charge in [0.2, 0.25) is 0 Å². The van der Waals surface area contributed by atoms with Gasteiger partial charge in [0.1, 0.15) is 0 Å². The first kappa shape index (κ1) is 2.92. The van der Waals surface area contributed by atoms with Gasteiger partial charge in [-0.05, 0) is 11.9 Å². The maximum atomic E-state index is 2.96. The standard InChI is InChI=1S/C3H4NP/c1-2-4-5-3-1/h1-4H. The van der Waals surface area contributed by atoms with Crippen LogP contribution in [0, 0.1) is 0 Å². The van der Waals surface area contributed by atoms with E-state index in [2.05, 4.69) is 4.75 Å². The molecule has 0 aliphatic rings. The zero-order valence-electron chi connectivity index (χ0n) is 2.68. The van der Waals surface area contributed by atoms with Crippen LogP contribution >= 0.6 is 8.35 Å². The van der Waals surface area contributed by atoms with Crippen LogP contribution < -0.4 is 0 Å². The Morgan fingerprint density at radius 1 is 1.60 bits per heavy atom. The molecule has 0 bridgehead atoms. The number of hydrogen-bond acceptors (Lipinski definition) is 0. The summed E-state index contributed by atoms with van der Waals surface area (Å²) in [6.07, 6.45) is 1.92. The van der Waals surface area contributed by atoms with Crippen molar-refractivity contribution in [3.8, 4) is 0 Å². The van der Waals surface area contributed by atoms with Crippen molar-refractivity contribution in [1.82, 2.24) is 4.75 Å². The first-order chi connectivity index (χ1) is 2.50. The zero-order valence-corrected chi connectivity index (χ0v) is 3.57. The molecule has 5 heavy (non-hydrogen) atoms. The molecule has 0 radical (unpaired) electrons. The lowest BCUT2D eigenvalue weighted by molar-refractivity contribution is 1.59. The van der Waals surface area contributed by atoms with E-state index in [4.69, 9.17) is 0 Å². The van der Waals surface area contributed by atoms with Crippen LogP contribution in [-0.2, 0) is 0 Å². The zero-order chi connectivity index (χ0) is 3.54. The number of nitrogens with one attached hydrogen (secondary N) is 1. The second kappa shape index (κ2) is 1.23. The van der Waals surface area contributed by atoms with Crippen LogP contribution in [0.15, 0.2) is 18.1 Å². The van der Waals surface area contributed by atoms with Crippen LogP contribution in [0.1, 0.15) is 0 Å². The van der Waals surface area contributed by atoms with E-state index in [-0.39, 0.29) is 0 Å². The van der Waals surface area contributed by atoms with Crippen molar-refractivity contribution in [1.29, 1.82) is 0 Å².